The number of hydrogen-bond donors (Lipinski definition) is 1. The Morgan fingerprint density at radius 2 is 2.06 bits per heavy atom. The first-order chi connectivity index (χ1) is 8.87. The van der Waals surface area contributed by atoms with Crippen molar-refractivity contribution in [3.8, 4) is 0 Å². The molecular formula is C16H21NS. The van der Waals surface area contributed by atoms with E-state index in [-0.39, 0.29) is 0 Å². The van der Waals surface area contributed by atoms with Crippen LogP contribution in [-0.4, -0.2) is 12.3 Å². The van der Waals surface area contributed by atoms with Gasteiger partial charge in [-0.25, -0.2) is 0 Å². The molecule has 1 N–H and O–H groups in total. The Bertz CT molecular complexity index is 448. The molecule has 1 heterocycles. The van der Waals surface area contributed by atoms with Crippen molar-refractivity contribution in [2.24, 2.45) is 11.3 Å². The zero-order valence-corrected chi connectivity index (χ0v) is 11.6. The van der Waals surface area contributed by atoms with Crippen LogP contribution >= 0.6 is 11.8 Å². The lowest BCUT2D eigenvalue weighted by Crippen LogP contribution is -2.32. The molecule has 2 heteroatoms. The summed E-state index contributed by atoms with van der Waals surface area (Å²) in [5, 5.41) is 3.88. The highest BCUT2D eigenvalue weighted by atomic mass is 32.2. The second-order valence-electron chi connectivity index (χ2n) is 6.28. The third kappa shape index (κ3) is 2.00. The predicted octanol–water partition coefficient (Wildman–Crippen LogP) is 3.75. The van der Waals surface area contributed by atoms with Crippen LogP contribution in [0.1, 0.15) is 42.9 Å². The van der Waals surface area contributed by atoms with Crippen molar-refractivity contribution in [2.45, 2.75) is 37.5 Å². The third-order valence-corrected chi connectivity index (χ3v) is 6.09. The predicted molar refractivity (Wildman–Crippen MR) is 77.7 cm³/mol. The molecule has 1 nitrogen and oxygen atoms in total. The van der Waals surface area contributed by atoms with Crippen molar-refractivity contribution in [2.75, 3.05) is 12.3 Å². The maximum atomic E-state index is 3.88. The van der Waals surface area contributed by atoms with Gasteiger partial charge in [0.05, 0.1) is 0 Å². The van der Waals surface area contributed by atoms with Crippen molar-refractivity contribution in [1.29, 1.82) is 0 Å². The molecule has 0 aromatic heterocycles. The molecule has 0 bridgehead atoms. The molecule has 2 fully saturated rings. The van der Waals surface area contributed by atoms with Crippen LogP contribution in [0, 0.1) is 11.3 Å². The molecule has 1 atom stereocenters. The molecule has 0 saturated heterocycles. The van der Waals surface area contributed by atoms with E-state index in [0.29, 0.717) is 6.04 Å². The molecule has 1 aromatic carbocycles. The number of thioether (sulfide) groups is 1. The Balaban J connectivity index is 1.46. The topological polar surface area (TPSA) is 12.0 Å². The van der Waals surface area contributed by atoms with Gasteiger partial charge in [0.25, 0.3) is 0 Å². The highest BCUT2D eigenvalue weighted by molar-refractivity contribution is 7.98. The van der Waals surface area contributed by atoms with E-state index in [1.54, 1.807) is 11.1 Å². The molecule has 18 heavy (non-hydrogen) atoms. The molecule has 2 aliphatic carbocycles. The molecular weight excluding hydrogens is 238 g/mol. The zero-order chi connectivity index (χ0) is 12.0. The summed E-state index contributed by atoms with van der Waals surface area (Å²) >= 11 is 2.08. The van der Waals surface area contributed by atoms with E-state index in [4.69, 9.17) is 0 Å². The quantitative estimate of drug-likeness (QED) is 0.883. The van der Waals surface area contributed by atoms with Gasteiger partial charge < -0.3 is 5.32 Å². The van der Waals surface area contributed by atoms with Gasteiger partial charge in [-0.05, 0) is 48.1 Å². The van der Waals surface area contributed by atoms with Crippen LogP contribution < -0.4 is 5.32 Å². The summed E-state index contributed by atoms with van der Waals surface area (Å²) < 4.78 is 0. The average Bonchev–Trinajstić information content (AvgIpc) is 3.28. The van der Waals surface area contributed by atoms with E-state index in [0.717, 1.165) is 11.3 Å². The number of rotatable bonds is 4. The molecule has 3 aliphatic rings. The van der Waals surface area contributed by atoms with Gasteiger partial charge in [-0.3, -0.25) is 0 Å². The SMILES string of the molecule is c1ccc2c(c1)CSCC2NCC1(C2CC2)CC1. The maximum absolute atomic E-state index is 3.88. The summed E-state index contributed by atoms with van der Waals surface area (Å²) in [6, 6.07) is 9.58. The Morgan fingerprint density at radius 1 is 1.22 bits per heavy atom. The first-order valence-electron chi connectivity index (χ1n) is 7.26. The van der Waals surface area contributed by atoms with Crippen molar-refractivity contribution < 1.29 is 0 Å². The zero-order valence-electron chi connectivity index (χ0n) is 10.8. The van der Waals surface area contributed by atoms with E-state index in [2.05, 4.69) is 41.3 Å². The first kappa shape index (κ1) is 11.4. The van der Waals surface area contributed by atoms with Crippen molar-refractivity contribution >= 4 is 11.8 Å². The first-order valence-corrected chi connectivity index (χ1v) is 8.42. The second kappa shape index (κ2) is 4.28. The Hall–Kier alpha value is -0.470. The Labute approximate surface area is 114 Å². The van der Waals surface area contributed by atoms with E-state index < -0.39 is 0 Å². The van der Waals surface area contributed by atoms with Gasteiger partial charge in [-0.15, -0.1) is 0 Å². The summed E-state index contributed by atoms with van der Waals surface area (Å²) in [5.74, 6) is 3.51. The fourth-order valence-corrected chi connectivity index (χ4v) is 4.60. The van der Waals surface area contributed by atoms with E-state index >= 15 is 0 Å². The van der Waals surface area contributed by atoms with Gasteiger partial charge in [-0.2, -0.15) is 11.8 Å². The molecule has 0 radical (unpaired) electrons. The Kier molecular flexibility index (Phi) is 2.70. The minimum atomic E-state index is 0.594. The molecule has 0 amide bonds. The van der Waals surface area contributed by atoms with Crippen LogP contribution in [0.4, 0.5) is 0 Å². The van der Waals surface area contributed by atoms with Gasteiger partial charge in [0, 0.05) is 24.1 Å². The summed E-state index contributed by atoms with van der Waals surface area (Å²) in [5.41, 5.74) is 3.82. The van der Waals surface area contributed by atoms with Crippen molar-refractivity contribution in [3.63, 3.8) is 0 Å². The van der Waals surface area contributed by atoms with Crippen LogP contribution in [0.15, 0.2) is 24.3 Å². The minimum Gasteiger partial charge on any atom is -0.309 e. The van der Waals surface area contributed by atoms with Crippen LogP contribution in [0.3, 0.4) is 0 Å². The van der Waals surface area contributed by atoms with Gasteiger partial charge in [0.1, 0.15) is 0 Å². The van der Waals surface area contributed by atoms with Gasteiger partial charge in [-0.1, -0.05) is 24.3 Å². The van der Waals surface area contributed by atoms with E-state index in [9.17, 15) is 0 Å². The molecule has 1 unspecified atom stereocenters. The highest BCUT2D eigenvalue weighted by Gasteiger charge is 2.53. The number of benzene rings is 1. The van der Waals surface area contributed by atoms with Crippen LogP contribution in [0.2, 0.25) is 0 Å². The summed E-state index contributed by atoms with van der Waals surface area (Å²) in [4.78, 5) is 0. The average molecular weight is 259 g/mol. The van der Waals surface area contributed by atoms with Gasteiger partial charge in [0.2, 0.25) is 0 Å². The number of fused-ring (bicyclic) bond motifs is 1. The van der Waals surface area contributed by atoms with Crippen LogP contribution in [0.5, 0.6) is 0 Å². The molecule has 1 aromatic rings. The standard InChI is InChI=1S/C16H21NS/c1-2-4-14-12(3-1)9-18-10-15(14)17-11-16(7-8-16)13-5-6-13/h1-4,13,15,17H,5-11H2. The highest BCUT2D eigenvalue weighted by Crippen LogP contribution is 2.61. The minimum absolute atomic E-state index is 0.594. The smallest absolute Gasteiger partial charge is 0.0415 e. The summed E-state index contributed by atoms with van der Waals surface area (Å²) in [7, 11) is 0. The lowest BCUT2D eigenvalue weighted by molar-refractivity contribution is 0.382. The van der Waals surface area contributed by atoms with Crippen LogP contribution in [-0.2, 0) is 5.75 Å². The van der Waals surface area contributed by atoms with Gasteiger partial charge >= 0.3 is 0 Å². The van der Waals surface area contributed by atoms with E-state index in [1.165, 1.54) is 43.7 Å². The lowest BCUT2D eigenvalue weighted by atomic mass is 9.98. The van der Waals surface area contributed by atoms with Crippen molar-refractivity contribution in [1.82, 2.24) is 5.32 Å². The molecule has 4 rings (SSSR count). The fourth-order valence-electron chi connectivity index (χ4n) is 3.46. The molecule has 1 aliphatic heterocycles. The summed E-state index contributed by atoms with van der Waals surface area (Å²) in [6.07, 6.45) is 5.95. The monoisotopic (exact) mass is 259 g/mol. The third-order valence-electron chi connectivity index (χ3n) is 5.01. The lowest BCUT2D eigenvalue weighted by Gasteiger charge is -2.28. The molecule has 96 valence electrons. The second-order valence-corrected chi connectivity index (χ2v) is 7.31. The summed E-state index contributed by atoms with van der Waals surface area (Å²) in [6.45, 7) is 1.26. The van der Waals surface area contributed by atoms with Gasteiger partial charge in [0.15, 0.2) is 0 Å². The Morgan fingerprint density at radius 3 is 2.83 bits per heavy atom. The normalized spacial score (nSPS) is 28.8. The van der Waals surface area contributed by atoms with Crippen molar-refractivity contribution in [3.05, 3.63) is 35.4 Å². The number of hydrogen-bond acceptors (Lipinski definition) is 2. The fraction of sp³-hybridized carbons (Fsp3) is 0.625. The van der Waals surface area contributed by atoms with Crippen LogP contribution in [0.25, 0.3) is 0 Å². The van der Waals surface area contributed by atoms with E-state index in [1.807, 2.05) is 0 Å². The maximum Gasteiger partial charge on any atom is 0.0415 e. The molecule has 0 spiro atoms. The number of nitrogens with one attached hydrogen (secondary N) is 1. The molecule has 2 saturated carbocycles. The largest absolute Gasteiger partial charge is 0.309 e.